The Morgan fingerprint density at radius 1 is 0.926 bits per heavy atom. The first-order chi connectivity index (χ1) is 13.1. The second-order valence-corrected chi connectivity index (χ2v) is 11.2. The predicted octanol–water partition coefficient (Wildman–Crippen LogP) is 6.21. The average molecular weight is 373 g/mol. The molecule has 1 heterocycles. The van der Waals surface area contributed by atoms with Gasteiger partial charge in [-0.15, -0.1) is 6.58 Å². The molecule has 1 saturated heterocycles. The van der Waals surface area contributed by atoms with Crippen LogP contribution in [0.25, 0.3) is 0 Å². The molecule has 0 aromatic carbocycles. The minimum absolute atomic E-state index is 0.363. The molecule has 152 valence electrons. The summed E-state index contributed by atoms with van der Waals surface area (Å²) in [4.78, 5) is 0. The van der Waals surface area contributed by atoms with Gasteiger partial charge in [0.25, 0.3) is 0 Å². The SMILES string of the molecule is C=CC[C@@H]1C[C@@H]2[C@H](CC[C@]3(C)[C@@H](C4COCO4)CC[C@@H]23)[C@@]2(C)CCCC[C@H]12. The standard InChI is InChI=1S/C25H40O2/c1-4-7-17-14-18-20-9-10-22(23-15-26-16-27-23)25(20,3)13-11-21(18)24(2)12-6-5-8-19(17)24/h4,17-23H,1,5-16H2,2-3H3/t17-,18+,19-,20+,21+,22-,23?,24+,25+/m1/s1. The van der Waals surface area contributed by atoms with E-state index in [4.69, 9.17) is 9.47 Å². The van der Waals surface area contributed by atoms with Gasteiger partial charge in [-0.25, -0.2) is 0 Å². The van der Waals surface area contributed by atoms with Gasteiger partial charge in [0.05, 0.1) is 12.7 Å². The fourth-order valence-corrected chi connectivity index (χ4v) is 9.27. The summed E-state index contributed by atoms with van der Waals surface area (Å²) < 4.78 is 11.6. The van der Waals surface area contributed by atoms with Crippen LogP contribution in [0.1, 0.15) is 78.1 Å². The Morgan fingerprint density at radius 3 is 2.48 bits per heavy atom. The van der Waals surface area contributed by atoms with E-state index in [0.717, 1.165) is 42.1 Å². The van der Waals surface area contributed by atoms with E-state index in [-0.39, 0.29) is 0 Å². The van der Waals surface area contributed by atoms with Crippen LogP contribution in [0.5, 0.6) is 0 Å². The number of allylic oxidation sites excluding steroid dienone is 1. The molecule has 2 nitrogen and oxygen atoms in total. The Balaban J connectivity index is 1.45. The lowest BCUT2D eigenvalue weighted by molar-refractivity contribution is -0.140. The highest BCUT2D eigenvalue weighted by molar-refractivity contribution is 5.11. The highest BCUT2D eigenvalue weighted by Gasteiger charge is 2.62. The van der Waals surface area contributed by atoms with Crippen LogP contribution in [0.4, 0.5) is 0 Å². The van der Waals surface area contributed by atoms with Crippen molar-refractivity contribution in [2.75, 3.05) is 13.4 Å². The third-order valence-electron chi connectivity index (χ3n) is 10.4. The maximum atomic E-state index is 6.02. The minimum atomic E-state index is 0.363. The van der Waals surface area contributed by atoms with Crippen molar-refractivity contribution < 1.29 is 9.47 Å². The van der Waals surface area contributed by atoms with Crippen LogP contribution in [-0.2, 0) is 9.47 Å². The van der Waals surface area contributed by atoms with Gasteiger partial charge in [0.2, 0.25) is 0 Å². The van der Waals surface area contributed by atoms with E-state index in [1.165, 1.54) is 64.2 Å². The van der Waals surface area contributed by atoms with Gasteiger partial charge in [-0.2, -0.15) is 0 Å². The molecule has 5 fully saturated rings. The van der Waals surface area contributed by atoms with Crippen molar-refractivity contribution in [2.24, 2.45) is 46.3 Å². The number of hydrogen-bond donors (Lipinski definition) is 0. The molecule has 4 saturated carbocycles. The van der Waals surface area contributed by atoms with E-state index in [0.29, 0.717) is 23.7 Å². The van der Waals surface area contributed by atoms with Crippen LogP contribution >= 0.6 is 0 Å². The monoisotopic (exact) mass is 372 g/mol. The molecule has 0 aromatic heterocycles. The summed E-state index contributed by atoms with van der Waals surface area (Å²) in [5.41, 5.74) is 1.08. The molecular formula is C25H40O2. The fraction of sp³-hybridized carbons (Fsp3) is 0.920. The summed E-state index contributed by atoms with van der Waals surface area (Å²) in [5.74, 6) is 5.40. The topological polar surface area (TPSA) is 18.5 Å². The Labute approximate surface area is 166 Å². The van der Waals surface area contributed by atoms with E-state index in [1.54, 1.807) is 0 Å². The molecule has 0 amide bonds. The summed E-state index contributed by atoms with van der Waals surface area (Å²) in [6.45, 7) is 10.8. The van der Waals surface area contributed by atoms with Crippen LogP contribution in [-0.4, -0.2) is 19.5 Å². The van der Waals surface area contributed by atoms with Gasteiger partial charge < -0.3 is 9.47 Å². The first kappa shape index (κ1) is 18.7. The quantitative estimate of drug-likeness (QED) is 0.548. The lowest BCUT2D eigenvalue weighted by Gasteiger charge is -2.63. The Morgan fingerprint density at radius 2 is 1.70 bits per heavy atom. The van der Waals surface area contributed by atoms with Crippen LogP contribution < -0.4 is 0 Å². The van der Waals surface area contributed by atoms with E-state index >= 15 is 0 Å². The summed E-state index contributed by atoms with van der Waals surface area (Å²) >= 11 is 0. The Bertz CT molecular complexity index is 567. The molecule has 0 bridgehead atoms. The molecule has 0 aromatic rings. The maximum absolute atomic E-state index is 6.02. The van der Waals surface area contributed by atoms with Gasteiger partial charge in [-0.3, -0.25) is 0 Å². The lowest BCUT2D eigenvalue weighted by atomic mass is 9.42. The van der Waals surface area contributed by atoms with Gasteiger partial charge in [0.1, 0.15) is 6.79 Å². The molecule has 1 unspecified atom stereocenters. The van der Waals surface area contributed by atoms with Gasteiger partial charge in [0, 0.05) is 0 Å². The number of rotatable bonds is 3. The number of fused-ring (bicyclic) bond motifs is 5. The summed E-state index contributed by atoms with van der Waals surface area (Å²) in [5, 5.41) is 0. The van der Waals surface area contributed by atoms with Crippen LogP contribution in [0.2, 0.25) is 0 Å². The van der Waals surface area contributed by atoms with Crippen molar-refractivity contribution in [1.29, 1.82) is 0 Å². The maximum Gasteiger partial charge on any atom is 0.147 e. The van der Waals surface area contributed by atoms with Crippen LogP contribution in [0.15, 0.2) is 12.7 Å². The molecule has 0 N–H and O–H groups in total. The van der Waals surface area contributed by atoms with Gasteiger partial charge >= 0.3 is 0 Å². The zero-order chi connectivity index (χ0) is 18.6. The van der Waals surface area contributed by atoms with Gasteiger partial charge in [-0.05, 0) is 97.7 Å². The van der Waals surface area contributed by atoms with Crippen molar-refractivity contribution in [3.63, 3.8) is 0 Å². The smallest absolute Gasteiger partial charge is 0.147 e. The summed E-state index contributed by atoms with van der Waals surface area (Å²) in [7, 11) is 0. The van der Waals surface area contributed by atoms with E-state index in [2.05, 4.69) is 26.5 Å². The van der Waals surface area contributed by atoms with Crippen molar-refractivity contribution >= 4 is 0 Å². The van der Waals surface area contributed by atoms with E-state index in [1.807, 2.05) is 0 Å². The summed E-state index contributed by atoms with van der Waals surface area (Å²) in [6, 6.07) is 0. The molecule has 27 heavy (non-hydrogen) atoms. The third kappa shape index (κ3) is 2.72. The molecule has 2 heteroatoms. The normalized spacial score (nSPS) is 54.8. The van der Waals surface area contributed by atoms with Crippen LogP contribution in [0.3, 0.4) is 0 Å². The van der Waals surface area contributed by atoms with Gasteiger partial charge in [0.15, 0.2) is 0 Å². The second kappa shape index (κ2) is 6.87. The van der Waals surface area contributed by atoms with E-state index < -0.39 is 0 Å². The van der Waals surface area contributed by atoms with Crippen molar-refractivity contribution in [1.82, 2.24) is 0 Å². The minimum Gasteiger partial charge on any atom is -0.353 e. The van der Waals surface area contributed by atoms with Crippen molar-refractivity contribution in [3.8, 4) is 0 Å². The molecule has 5 aliphatic rings. The molecule has 4 aliphatic carbocycles. The molecule has 5 rings (SSSR count). The zero-order valence-corrected chi connectivity index (χ0v) is 17.6. The Kier molecular flexibility index (Phi) is 4.75. The first-order valence-electron chi connectivity index (χ1n) is 11.9. The zero-order valence-electron chi connectivity index (χ0n) is 17.6. The van der Waals surface area contributed by atoms with Crippen molar-refractivity contribution in [3.05, 3.63) is 12.7 Å². The first-order valence-corrected chi connectivity index (χ1v) is 11.9. The average Bonchev–Trinajstić information content (AvgIpc) is 3.28. The van der Waals surface area contributed by atoms with Crippen LogP contribution in [0, 0.1) is 46.3 Å². The highest BCUT2D eigenvalue weighted by atomic mass is 16.7. The van der Waals surface area contributed by atoms with E-state index in [9.17, 15) is 0 Å². The Hall–Kier alpha value is -0.340. The fourth-order valence-electron chi connectivity index (χ4n) is 9.27. The molecular weight excluding hydrogens is 332 g/mol. The number of hydrogen-bond acceptors (Lipinski definition) is 2. The molecule has 1 aliphatic heterocycles. The molecule has 9 atom stereocenters. The molecule has 0 spiro atoms. The van der Waals surface area contributed by atoms with Gasteiger partial charge in [-0.1, -0.05) is 32.8 Å². The highest BCUT2D eigenvalue weighted by Crippen LogP contribution is 2.69. The number of ether oxygens (including phenoxy) is 2. The van der Waals surface area contributed by atoms with Crippen molar-refractivity contribution in [2.45, 2.75) is 84.2 Å². The second-order valence-electron chi connectivity index (χ2n) is 11.2. The lowest BCUT2D eigenvalue weighted by Crippen LogP contribution is -2.56. The molecule has 0 radical (unpaired) electrons. The third-order valence-corrected chi connectivity index (χ3v) is 10.4. The summed E-state index contributed by atoms with van der Waals surface area (Å²) in [6.07, 6.45) is 16.9. The largest absolute Gasteiger partial charge is 0.353 e. The predicted molar refractivity (Wildman–Crippen MR) is 109 cm³/mol.